The minimum atomic E-state index is -0.0261. The number of rotatable bonds is 6. The van der Waals surface area contributed by atoms with Crippen LogP contribution in [-0.2, 0) is 9.53 Å². The number of carbonyl (C=O) groups is 1. The van der Waals surface area contributed by atoms with Crippen molar-refractivity contribution in [3.05, 3.63) is 35.4 Å². The number of carbonyl (C=O) groups excluding carboxylic acids is 1. The number of hydrogen-bond donors (Lipinski definition) is 2. The summed E-state index contributed by atoms with van der Waals surface area (Å²) in [4.78, 5) is 17.9. The SMILES string of the molecule is Cc1ccccc1C(C)NC(=NCC(=O)N(C)C)NCC1CCCO1. The molecule has 1 aliphatic heterocycles. The van der Waals surface area contributed by atoms with Gasteiger partial charge in [0.1, 0.15) is 6.54 Å². The van der Waals surface area contributed by atoms with Gasteiger partial charge in [-0.05, 0) is 37.8 Å². The molecule has 6 heteroatoms. The second-order valence-electron chi connectivity index (χ2n) is 6.69. The predicted octanol–water partition coefficient (Wildman–Crippen LogP) is 1.86. The van der Waals surface area contributed by atoms with Gasteiger partial charge in [-0.3, -0.25) is 4.79 Å². The van der Waals surface area contributed by atoms with Crippen molar-refractivity contribution in [2.45, 2.75) is 38.8 Å². The first-order valence-corrected chi connectivity index (χ1v) is 8.89. The molecule has 1 heterocycles. The summed E-state index contributed by atoms with van der Waals surface area (Å²) >= 11 is 0. The maximum absolute atomic E-state index is 11.9. The molecule has 0 aliphatic carbocycles. The van der Waals surface area contributed by atoms with Gasteiger partial charge < -0.3 is 20.3 Å². The van der Waals surface area contributed by atoms with Gasteiger partial charge in [0.2, 0.25) is 5.91 Å². The average molecular weight is 346 g/mol. The van der Waals surface area contributed by atoms with Crippen molar-refractivity contribution >= 4 is 11.9 Å². The Bertz CT molecular complexity index is 595. The third-order valence-electron chi connectivity index (χ3n) is 4.40. The number of benzene rings is 1. The van der Waals surface area contributed by atoms with Crippen molar-refractivity contribution < 1.29 is 9.53 Å². The Morgan fingerprint density at radius 1 is 1.40 bits per heavy atom. The molecule has 0 bridgehead atoms. The first-order chi connectivity index (χ1) is 12.0. The molecule has 0 spiro atoms. The van der Waals surface area contributed by atoms with Gasteiger partial charge >= 0.3 is 0 Å². The van der Waals surface area contributed by atoms with Crippen LogP contribution in [0.3, 0.4) is 0 Å². The number of guanidine groups is 1. The normalized spacial score (nSPS) is 18.7. The molecule has 2 rings (SSSR count). The van der Waals surface area contributed by atoms with E-state index in [-0.39, 0.29) is 24.6 Å². The monoisotopic (exact) mass is 346 g/mol. The van der Waals surface area contributed by atoms with Crippen molar-refractivity contribution in [2.24, 2.45) is 4.99 Å². The zero-order chi connectivity index (χ0) is 18.2. The van der Waals surface area contributed by atoms with E-state index in [0.29, 0.717) is 12.5 Å². The van der Waals surface area contributed by atoms with E-state index in [1.165, 1.54) is 11.1 Å². The summed E-state index contributed by atoms with van der Waals surface area (Å²) < 4.78 is 5.66. The molecule has 1 fully saturated rings. The van der Waals surface area contributed by atoms with Gasteiger partial charge in [0, 0.05) is 27.2 Å². The minimum Gasteiger partial charge on any atom is -0.376 e. The van der Waals surface area contributed by atoms with Crippen LogP contribution < -0.4 is 10.6 Å². The fourth-order valence-electron chi connectivity index (χ4n) is 2.81. The topological polar surface area (TPSA) is 66.0 Å². The van der Waals surface area contributed by atoms with E-state index in [4.69, 9.17) is 4.74 Å². The van der Waals surface area contributed by atoms with Gasteiger partial charge in [-0.1, -0.05) is 24.3 Å². The molecular weight excluding hydrogens is 316 g/mol. The van der Waals surface area contributed by atoms with E-state index >= 15 is 0 Å². The Kier molecular flexibility index (Phi) is 7.25. The van der Waals surface area contributed by atoms with Gasteiger partial charge in [-0.15, -0.1) is 0 Å². The van der Waals surface area contributed by atoms with E-state index < -0.39 is 0 Å². The molecule has 1 aromatic rings. The zero-order valence-corrected chi connectivity index (χ0v) is 15.7. The summed E-state index contributed by atoms with van der Waals surface area (Å²) in [5.74, 6) is 0.614. The number of aliphatic imine (C=N–C) groups is 1. The molecule has 0 saturated carbocycles. The van der Waals surface area contributed by atoms with Gasteiger partial charge in [0.25, 0.3) is 0 Å². The fraction of sp³-hybridized carbons (Fsp3) is 0.579. The van der Waals surface area contributed by atoms with Crippen molar-refractivity contribution in [3.8, 4) is 0 Å². The Morgan fingerprint density at radius 2 is 2.16 bits per heavy atom. The van der Waals surface area contributed by atoms with Crippen LogP contribution in [0.25, 0.3) is 0 Å². The molecule has 1 amide bonds. The average Bonchev–Trinajstić information content (AvgIpc) is 3.10. The van der Waals surface area contributed by atoms with Crippen molar-refractivity contribution in [3.63, 3.8) is 0 Å². The third-order valence-corrected chi connectivity index (χ3v) is 4.40. The molecule has 1 aromatic carbocycles. The molecule has 2 unspecified atom stereocenters. The molecule has 0 radical (unpaired) electrons. The molecule has 0 aromatic heterocycles. The Hall–Kier alpha value is -2.08. The summed E-state index contributed by atoms with van der Waals surface area (Å²) in [5, 5.41) is 6.72. The number of nitrogens with one attached hydrogen (secondary N) is 2. The quantitative estimate of drug-likeness (QED) is 0.609. The first-order valence-electron chi connectivity index (χ1n) is 8.89. The van der Waals surface area contributed by atoms with Crippen LogP contribution in [0.15, 0.2) is 29.3 Å². The second-order valence-corrected chi connectivity index (χ2v) is 6.69. The van der Waals surface area contributed by atoms with E-state index in [1.807, 2.05) is 12.1 Å². The molecular formula is C19H30N4O2. The molecule has 2 N–H and O–H groups in total. The summed E-state index contributed by atoms with van der Waals surface area (Å²) in [6, 6.07) is 8.36. The zero-order valence-electron chi connectivity index (χ0n) is 15.7. The van der Waals surface area contributed by atoms with Crippen LogP contribution in [0.4, 0.5) is 0 Å². The highest BCUT2D eigenvalue weighted by molar-refractivity contribution is 5.85. The smallest absolute Gasteiger partial charge is 0.243 e. The maximum atomic E-state index is 11.9. The molecule has 1 aliphatic rings. The lowest BCUT2D eigenvalue weighted by Gasteiger charge is -2.21. The van der Waals surface area contributed by atoms with Gasteiger partial charge in [0.15, 0.2) is 5.96 Å². The summed E-state index contributed by atoms with van der Waals surface area (Å²) in [5.41, 5.74) is 2.44. The van der Waals surface area contributed by atoms with Crippen LogP contribution in [0.5, 0.6) is 0 Å². The maximum Gasteiger partial charge on any atom is 0.243 e. The van der Waals surface area contributed by atoms with Crippen LogP contribution in [0, 0.1) is 6.92 Å². The molecule has 1 saturated heterocycles. The van der Waals surface area contributed by atoms with Crippen LogP contribution in [0.1, 0.15) is 36.9 Å². The van der Waals surface area contributed by atoms with Crippen LogP contribution in [0.2, 0.25) is 0 Å². The van der Waals surface area contributed by atoms with Gasteiger partial charge in [-0.2, -0.15) is 0 Å². The summed E-state index contributed by atoms with van der Waals surface area (Å²) in [7, 11) is 3.47. The Labute approximate surface area is 150 Å². The fourth-order valence-corrected chi connectivity index (χ4v) is 2.81. The highest BCUT2D eigenvalue weighted by atomic mass is 16.5. The van der Waals surface area contributed by atoms with Crippen LogP contribution >= 0.6 is 0 Å². The molecule has 25 heavy (non-hydrogen) atoms. The number of ether oxygens (including phenoxy) is 1. The Morgan fingerprint density at radius 3 is 2.80 bits per heavy atom. The number of aryl methyl sites for hydroxylation is 1. The van der Waals surface area contributed by atoms with Crippen molar-refractivity contribution in [1.29, 1.82) is 0 Å². The first kappa shape index (κ1) is 19.2. The van der Waals surface area contributed by atoms with Gasteiger partial charge in [-0.25, -0.2) is 4.99 Å². The van der Waals surface area contributed by atoms with Crippen molar-refractivity contribution in [1.82, 2.24) is 15.5 Å². The van der Waals surface area contributed by atoms with E-state index in [1.54, 1.807) is 19.0 Å². The van der Waals surface area contributed by atoms with E-state index in [9.17, 15) is 4.79 Å². The number of nitrogens with zero attached hydrogens (tertiary/aromatic N) is 2. The molecule has 138 valence electrons. The molecule has 6 nitrogen and oxygen atoms in total. The van der Waals surface area contributed by atoms with E-state index in [0.717, 1.165) is 19.4 Å². The predicted molar refractivity (Wildman–Crippen MR) is 101 cm³/mol. The van der Waals surface area contributed by atoms with E-state index in [2.05, 4.69) is 41.6 Å². The van der Waals surface area contributed by atoms with Gasteiger partial charge in [0.05, 0.1) is 12.1 Å². The lowest BCUT2D eigenvalue weighted by Crippen LogP contribution is -2.43. The third kappa shape index (κ3) is 6.05. The number of likely N-dealkylation sites (N-methyl/N-ethyl adjacent to an activating group) is 1. The lowest BCUT2D eigenvalue weighted by molar-refractivity contribution is -0.127. The minimum absolute atomic E-state index is 0.0261. The standard InChI is InChI=1S/C19H30N4O2/c1-14-8-5-6-10-17(14)15(2)22-19(21-13-18(24)23(3)4)20-12-16-9-7-11-25-16/h5-6,8,10,15-16H,7,9,11-13H2,1-4H3,(H2,20,21,22). The summed E-state index contributed by atoms with van der Waals surface area (Å²) in [6.07, 6.45) is 2.38. The summed E-state index contributed by atoms with van der Waals surface area (Å²) in [6.45, 7) is 5.83. The number of hydrogen-bond acceptors (Lipinski definition) is 3. The Balaban J connectivity index is 2.02. The lowest BCUT2D eigenvalue weighted by atomic mass is 10.0. The molecule has 2 atom stereocenters. The highest BCUT2D eigenvalue weighted by Gasteiger charge is 2.17. The number of amides is 1. The van der Waals surface area contributed by atoms with Crippen LogP contribution in [-0.4, -0.2) is 56.7 Å². The highest BCUT2D eigenvalue weighted by Crippen LogP contribution is 2.16. The largest absolute Gasteiger partial charge is 0.376 e. The van der Waals surface area contributed by atoms with Crippen molar-refractivity contribution in [2.75, 3.05) is 33.8 Å². The second kappa shape index (κ2) is 9.42.